The molecule has 0 radical (unpaired) electrons. The molecule has 0 bridgehead atoms. The first kappa shape index (κ1) is 13.6. The van der Waals surface area contributed by atoms with Crippen molar-refractivity contribution in [1.82, 2.24) is 0 Å². The van der Waals surface area contributed by atoms with Gasteiger partial charge in [0.2, 0.25) is 0 Å². The van der Waals surface area contributed by atoms with Crippen molar-refractivity contribution in [3.05, 3.63) is 58.4 Å². The molecule has 0 aromatic heterocycles. The lowest BCUT2D eigenvalue weighted by molar-refractivity contribution is 0.0925. The number of carbonyl (C=O) groups excluding carboxylic acids is 2. The van der Waals surface area contributed by atoms with Crippen LogP contribution in [0.4, 0.5) is 10.1 Å². The van der Waals surface area contributed by atoms with Gasteiger partial charge < -0.3 is 4.74 Å². The molecule has 2 amide bonds. The lowest BCUT2D eigenvalue weighted by atomic mass is 10.1. The monoisotopic (exact) mass is 305 g/mol. The number of benzene rings is 2. The van der Waals surface area contributed by atoms with Gasteiger partial charge in [-0.05, 0) is 24.3 Å². The number of halogens is 2. The third kappa shape index (κ3) is 1.89. The summed E-state index contributed by atoms with van der Waals surface area (Å²) in [7, 11) is 1.29. The molecular weight excluding hydrogens is 297 g/mol. The molecule has 4 nitrogen and oxygen atoms in total. The van der Waals surface area contributed by atoms with Gasteiger partial charge in [-0.2, -0.15) is 0 Å². The first-order valence-electron chi connectivity index (χ1n) is 6.06. The lowest BCUT2D eigenvalue weighted by Gasteiger charge is -2.17. The van der Waals surface area contributed by atoms with Crippen molar-refractivity contribution in [2.24, 2.45) is 0 Å². The number of fused-ring (bicyclic) bond motifs is 1. The Morgan fingerprint density at radius 2 is 1.62 bits per heavy atom. The van der Waals surface area contributed by atoms with E-state index in [-0.39, 0.29) is 27.6 Å². The third-order valence-corrected chi connectivity index (χ3v) is 3.57. The van der Waals surface area contributed by atoms with Crippen molar-refractivity contribution >= 4 is 29.1 Å². The van der Waals surface area contributed by atoms with Crippen LogP contribution in [0, 0.1) is 5.82 Å². The Morgan fingerprint density at radius 3 is 2.14 bits per heavy atom. The SMILES string of the molecule is COc1ccc(Cl)c(N2C(=O)c3ccccc3C2=O)c1F. The summed E-state index contributed by atoms with van der Waals surface area (Å²) in [5.74, 6) is -2.15. The third-order valence-electron chi connectivity index (χ3n) is 3.27. The highest BCUT2D eigenvalue weighted by atomic mass is 35.5. The average Bonchev–Trinajstić information content (AvgIpc) is 2.73. The Kier molecular flexibility index (Phi) is 3.14. The van der Waals surface area contributed by atoms with Gasteiger partial charge in [0.05, 0.1) is 23.3 Å². The molecule has 6 heteroatoms. The highest BCUT2D eigenvalue weighted by Crippen LogP contribution is 2.38. The maximum Gasteiger partial charge on any atom is 0.266 e. The number of carbonyl (C=O) groups is 2. The quantitative estimate of drug-likeness (QED) is 0.800. The number of hydrogen-bond donors (Lipinski definition) is 0. The van der Waals surface area contributed by atoms with Crippen LogP contribution < -0.4 is 9.64 Å². The van der Waals surface area contributed by atoms with Crippen LogP contribution in [0.25, 0.3) is 0 Å². The molecule has 0 spiro atoms. The zero-order valence-electron chi connectivity index (χ0n) is 10.9. The molecule has 1 aliphatic heterocycles. The second-order valence-corrected chi connectivity index (χ2v) is 4.81. The minimum absolute atomic E-state index is 0.0391. The summed E-state index contributed by atoms with van der Waals surface area (Å²) in [6.45, 7) is 0. The predicted molar refractivity (Wildman–Crippen MR) is 75.5 cm³/mol. The fraction of sp³-hybridized carbons (Fsp3) is 0.0667. The summed E-state index contributed by atoms with van der Waals surface area (Å²) in [4.78, 5) is 25.4. The van der Waals surface area contributed by atoms with Crippen LogP contribution in [0.1, 0.15) is 20.7 Å². The molecule has 1 heterocycles. The number of methoxy groups -OCH3 is 1. The molecule has 106 valence electrons. The van der Waals surface area contributed by atoms with Crippen molar-refractivity contribution in [3.8, 4) is 5.75 Å². The highest BCUT2D eigenvalue weighted by molar-refractivity contribution is 6.39. The molecule has 0 atom stereocenters. The van der Waals surface area contributed by atoms with Crippen LogP contribution in [-0.4, -0.2) is 18.9 Å². The first-order valence-corrected chi connectivity index (χ1v) is 6.44. The van der Waals surface area contributed by atoms with E-state index >= 15 is 0 Å². The Morgan fingerprint density at radius 1 is 1.05 bits per heavy atom. The zero-order chi connectivity index (χ0) is 15.1. The van der Waals surface area contributed by atoms with E-state index in [4.69, 9.17) is 16.3 Å². The largest absolute Gasteiger partial charge is 0.494 e. The van der Waals surface area contributed by atoms with E-state index in [1.54, 1.807) is 12.1 Å². The van der Waals surface area contributed by atoms with E-state index in [9.17, 15) is 14.0 Å². The molecule has 0 N–H and O–H groups in total. The number of nitrogens with zero attached hydrogens (tertiary/aromatic N) is 1. The normalized spacial score (nSPS) is 13.6. The van der Waals surface area contributed by atoms with Gasteiger partial charge in [-0.1, -0.05) is 23.7 Å². The smallest absolute Gasteiger partial charge is 0.266 e. The first-order chi connectivity index (χ1) is 10.1. The number of imide groups is 1. The van der Waals surface area contributed by atoms with Crippen LogP contribution in [0.3, 0.4) is 0 Å². The fourth-order valence-electron chi connectivity index (χ4n) is 2.28. The zero-order valence-corrected chi connectivity index (χ0v) is 11.6. The van der Waals surface area contributed by atoms with Gasteiger partial charge in [-0.25, -0.2) is 9.29 Å². The molecule has 1 aliphatic rings. The van der Waals surface area contributed by atoms with Crippen molar-refractivity contribution in [3.63, 3.8) is 0 Å². The molecule has 21 heavy (non-hydrogen) atoms. The van der Waals surface area contributed by atoms with Crippen LogP contribution >= 0.6 is 11.6 Å². The number of ether oxygens (including phenoxy) is 1. The second-order valence-electron chi connectivity index (χ2n) is 4.40. The number of rotatable bonds is 2. The Balaban J connectivity index is 2.20. The van der Waals surface area contributed by atoms with Crippen LogP contribution in [0.2, 0.25) is 5.02 Å². The minimum Gasteiger partial charge on any atom is -0.494 e. The molecule has 0 aliphatic carbocycles. The van der Waals surface area contributed by atoms with E-state index in [0.717, 1.165) is 4.90 Å². The summed E-state index contributed by atoms with van der Waals surface area (Å²) in [5, 5.41) is -0.0391. The summed E-state index contributed by atoms with van der Waals surface area (Å²) in [6, 6.07) is 9.01. The Labute approximate surface area is 124 Å². The molecule has 0 unspecified atom stereocenters. The van der Waals surface area contributed by atoms with E-state index in [0.29, 0.717) is 0 Å². The van der Waals surface area contributed by atoms with E-state index < -0.39 is 17.6 Å². The van der Waals surface area contributed by atoms with Gasteiger partial charge in [-0.15, -0.1) is 0 Å². The highest BCUT2D eigenvalue weighted by Gasteiger charge is 2.39. The second kappa shape index (κ2) is 4.86. The molecular formula is C15H9ClFNO3. The molecule has 2 aromatic carbocycles. The Hall–Kier alpha value is -2.40. The maximum atomic E-state index is 14.4. The molecule has 0 saturated carbocycles. The summed E-state index contributed by atoms with van der Waals surface area (Å²) in [5.41, 5.74) is 0.156. The van der Waals surface area contributed by atoms with Gasteiger partial charge in [-0.3, -0.25) is 9.59 Å². The molecule has 0 fully saturated rings. The summed E-state index contributed by atoms with van der Waals surface area (Å²) in [6.07, 6.45) is 0. The minimum atomic E-state index is -0.848. The topological polar surface area (TPSA) is 46.6 Å². The van der Waals surface area contributed by atoms with Crippen LogP contribution in [0.15, 0.2) is 36.4 Å². The standard InChI is InChI=1S/C15H9ClFNO3/c1-21-11-7-6-10(16)13(12(11)17)18-14(19)8-4-2-3-5-9(8)15(18)20/h2-7H,1H3. The Bertz CT molecular complexity index is 741. The van der Waals surface area contributed by atoms with E-state index in [1.165, 1.54) is 31.4 Å². The van der Waals surface area contributed by atoms with Crippen LogP contribution in [-0.2, 0) is 0 Å². The number of anilines is 1. The van der Waals surface area contributed by atoms with Crippen molar-refractivity contribution in [2.75, 3.05) is 12.0 Å². The van der Waals surface area contributed by atoms with Crippen LogP contribution in [0.5, 0.6) is 5.75 Å². The van der Waals surface area contributed by atoms with Crippen molar-refractivity contribution < 1.29 is 18.7 Å². The van der Waals surface area contributed by atoms with Crippen molar-refractivity contribution in [1.29, 1.82) is 0 Å². The van der Waals surface area contributed by atoms with E-state index in [1.807, 2.05) is 0 Å². The number of hydrogen-bond acceptors (Lipinski definition) is 3. The van der Waals surface area contributed by atoms with Gasteiger partial charge in [0.15, 0.2) is 11.6 Å². The molecule has 0 saturated heterocycles. The predicted octanol–water partition coefficient (Wildman–Crippen LogP) is 3.29. The molecule has 3 rings (SSSR count). The van der Waals surface area contributed by atoms with E-state index in [2.05, 4.69) is 0 Å². The van der Waals surface area contributed by atoms with Gasteiger partial charge in [0, 0.05) is 0 Å². The van der Waals surface area contributed by atoms with Gasteiger partial charge >= 0.3 is 0 Å². The number of amides is 2. The summed E-state index contributed by atoms with van der Waals surface area (Å²) < 4.78 is 19.3. The van der Waals surface area contributed by atoms with Crippen molar-refractivity contribution in [2.45, 2.75) is 0 Å². The fourth-order valence-corrected chi connectivity index (χ4v) is 2.51. The average molecular weight is 306 g/mol. The summed E-state index contributed by atoms with van der Waals surface area (Å²) >= 11 is 5.97. The van der Waals surface area contributed by atoms with Gasteiger partial charge in [0.1, 0.15) is 5.69 Å². The maximum absolute atomic E-state index is 14.4. The van der Waals surface area contributed by atoms with Gasteiger partial charge in [0.25, 0.3) is 11.8 Å². The lowest BCUT2D eigenvalue weighted by Crippen LogP contribution is -2.30. The molecule has 2 aromatic rings.